The zero-order valence-electron chi connectivity index (χ0n) is 17.6. The molecule has 0 saturated heterocycles. The van der Waals surface area contributed by atoms with E-state index >= 15 is 0 Å². The molecule has 6 nitrogen and oxygen atoms in total. The molecule has 0 radical (unpaired) electrons. The van der Waals surface area contributed by atoms with Crippen molar-refractivity contribution in [1.29, 1.82) is 5.26 Å². The van der Waals surface area contributed by atoms with E-state index in [0.29, 0.717) is 16.9 Å². The van der Waals surface area contributed by atoms with Crippen molar-refractivity contribution in [2.45, 2.75) is 6.92 Å². The largest absolute Gasteiger partial charge is 0.482 e. The molecule has 3 aromatic rings. The second-order valence-electron chi connectivity index (χ2n) is 6.97. The summed E-state index contributed by atoms with van der Waals surface area (Å²) < 4.78 is 18.5. The summed E-state index contributed by atoms with van der Waals surface area (Å²) in [7, 11) is 0. The second-order valence-corrected chi connectivity index (χ2v) is 7.38. The molecular formula is C25H19ClFN3O3. The molecule has 0 bridgehead atoms. The Balaban J connectivity index is 1.63. The minimum absolute atomic E-state index is 0.165. The fourth-order valence-corrected chi connectivity index (χ4v) is 3.06. The quantitative estimate of drug-likeness (QED) is 0.365. The summed E-state index contributed by atoms with van der Waals surface area (Å²) in [6.07, 6.45) is 1.36. The SMILES string of the molecule is Cc1ccccc1NC(=O)COc1ccc(/C=C(\C#N)C(=O)Nc2ccc(F)cc2)cc1Cl. The van der Waals surface area contributed by atoms with Gasteiger partial charge in [0.05, 0.1) is 5.02 Å². The molecule has 0 aliphatic rings. The van der Waals surface area contributed by atoms with Crippen molar-refractivity contribution in [2.24, 2.45) is 0 Å². The van der Waals surface area contributed by atoms with Gasteiger partial charge >= 0.3 is 0 Å². The Labute approximate surface area is 195 Å². The number of halogens is 2. The molecule has 2 amide bonds. The topological polar surface area (TPSA) is 91.2 Å². The molecule has 0 unspecified atom stereocenters. The first kappa shape index (κ1) is 23.5. The molecule has 0 aliphatic carbocycles. The van der Waals surface area contributed by atoms with Gasteiger partial charge in [0.1, 0.15) is 23.2 Å². The Kier molecular flexibility index (Phi) is 7.79. The number of aryl methyl sites for hydroxylation is 1. The maximum atomic E-state index is 13.0. The van der Waals surface area contributed by atoms with E-state index < -0.39 is 11.7 Å². The smallest absolute Gasteiger partial charge is 0.266 e. The van der Waals surface area contributed by atoms with Crippen LogP contribution in [0.25, 0.3) is 6.08 Å². The fourth-order valence-electron chi connectivity index (χ4n) is 2.81. The number of nitriles is 1. The maximum Gasteiger partial charge on any atom is 0.266 e. The minimum Gasteiger partial charge on any atom is -0.482 e. The van der Waals surface area contributed by atoms with Gasteiger partial charge in [-0.05, 0) is 66.6 Å². The molecule has 0 fully saturated rings. The van der Waals surface area contributed by atoms with Crippen molar-refractivity contribution >= 4 is 40.9 Å². The first-order valence-corrected chi connectivity index (χ1v) is 10.2. The molecule has 0 spiro atoms. The Bertz CT molecular complexity index is 1250. The maximum absolute atomic E-state index is 13.0. The van der Waals surface area contributed by atoms with Crippen molar-refractivity contribution in [3.63, 3.8) is 0 Å². The number of benzene rings is 3. The average molecular weight is 464 g/mol. The molecule has 3 rings (SSSR count). The van der Waals surface area contributed by atoms with Gasteiger partial charge in [0.25, 0.3) is 11.8 Å². The number of carbonyl (C=O) groups excluding carboxylic acids is 2. The number of amides is 2. The van der Waals surface area contributed by atoms with E-state index in [1.807, 2.05) is 31.2 Å². The molecule has 3 aromatic carbocycles. The first-order chi connectivity index (χ1) is 15.9. The summed E-state index contributed by atoms with van der Waals surface area (Å²) in [5.41, 5.74) is 2.30. The van der Waals surface area contributed by atoms with Crippen LogP contribution in [0.5, 0.6) is 5.75 Å². The number of nitrogens with one attached hydrogen (secondary N) is 2. The van der Waals surface area contributed by atoms with Crippen molar-refractivity contribution in [3.8, 4) is 11.8 Å². The van der Waals surface area contributed by atoms with Crippen LogP contribution in [0.1, 0.15) is 11.1 Å². The lowest BCUT2D eigenvalue weighted by Gasteiger charge is -2.11. The molecule has 166 valence electrons. The van der Waals surface area contributed by atoms with Crippen LogP contribution in [0.4, 0.5) is 15.8 Å². The molecule has 0 saturated carbocycles. The molecule has 0 atom stereocenters. The first-order valence-electron chi connectivity index (χ1n) is 9.82. The summed E-state index contributed by atoms with van der Waals surface area (Å²) >= 11 is 6.24. The van der Waals surface area contributed by atoms with Crippen molar-refractivity contribution in [2.75, 3.05) is 17.2 Å². The lowest BCUT2D eigenvalue weighted by Crippen LogP contribution is -2.20. The molecule has 0 aromatic heterocycles. The Morgan fingerprint density at radius 2 is 1.82 bits per heavy atom. The second kappa shape index (κ2) is 10.9. The number of nitrogens with zero attached hydrogens (tertiary/aromatic N) is 1. The Morgan fingerprint density at radius 3 is 2.48 bits per heavy atom. The number of carbonyl (C=O) groups is 2. The summed E-state index contributed by atoms with van der Waals surface area (Å²) in [5, 5.41) is 14.8. The average Bonchev–Trinajstić information content (AvgIpc) is 2.80. The van der Waals surface area contributed by atoms with E-state index in [1.165, 1.54) is 36.4 Å². The van der Waals surface area contributed by atoms with E-state index in [4.69, 9.17) is 16.3 Å². The van der Waals surface area contributed by atoms with Crippen LogP contribution in [0, 0.1) is 24.1 Å². The van der Waals surface area contributed by atoms with Gasteiger partial charge in [-0.1, -0.05) is 35.9 Å². The number of hydrogen-bond donors (Lipinski definition) is 2. The summed E-state index contributed by atoms with van der Waals surface area (Å²) in [4.78, 5) is 24.5. The predicted octanol–water partition coefficient (Wildman–Crippen LogP) is 5.35. The van der Waals surface area contributed by atoms with Crippen molar-refractivity contribution in [1.82, 2.24) is 0 Å². The third-order valence-corrected chi connectivity index (χ3v) is 4.81. The lowest BCUT2D eigenvalue weighted by atomic mass is 10.1. The summed E-state index contributed by atoms with van der Waals surface area (Å²) in [5.74, 6) is -1.14. The highest BCUT2D eigenvalue weighted by atomic mass is 35.5. The minimum atomic E-state index is -0.645. The molecule has 33 heavy (non-hydrogen) atoms. The van der Waals surface area contributed by atoms with Gasteiger partial charge in [-0.15, -0.1) is 0 Å². The van der Waals surface area contributed by atoms with Gasteiger partial charge in [-0.3, -0.25) is 9.59 Å². The molecule has 0 heterocycles. The van der Waals surface area contributed by atoms with Crippen LogP contribution >= 0.6 is 11.6 Å². The number of para-hydroxylation sites is 1. The third kappa shape index (κ3) is 6.66. The van der Waals surface area contributed by atoms with Crippen molar-refractivity contribution < 1.29 is 18.7 Å². The van der Waals surface area contributed by atoms with Gasteiger partial charge in [0.15, 0.2) is 6.61 Å². The van der Waals surface area contributed by atoms with E-state index in [1.54, 1.807) is 18.2 Å². The lowest BCUT2D eigenvalue weighted by molar-refractivity contribution is -0.118. The van der Waals surface area contributed by atoms with Crippen LogP contribution in [-0.2, 0) is 9.59 Å². The number of anilines is 2. The van der Waals surface area contributed by atoms with E-state index in [0.717, 1.165) is 5.56 Å². The van der Waals surface area contributed by atoms with E-state index in [2.05, 4.69) is 10.6 Å². The standard InChI is InChI=1S/C25H19ClFN3O3/c1-16-4-2-3-5-22(16)30-24(31)15-33-23-11-6-17(13-21(23)26)12-18(14-28)25(32)29-20-9-7-19(27)8-10-20/h2-13H,15H2,1H3,(H,29,32)(H,30,31)/b18-12+. The van der Waals surface area contributed by atoms with Gasteiger partial charge in [0, 0.05) is 11.4 Å². The zero-order chi connectivity index (χ0) is 23.8. The van der Waals surface area contributed by atoms with Gasteiger partial charge in [-0.2, -0.15) is 5.26 Å². The predicted molar refractivity (Wildman–Crippen MR) is 125 cm³/mol. The van der Waals surface area contributed by atoms with Crippen LogP contribution in [0.3, 0.4) is 0 Å². The zero-order valence-corrected chi connectivity index (χ0v) is 18.3. The van der Waals surface area contributed by atoms with Crippen molar-refractivity contribution in [3.05, 3.63) is 94.3 Å². The van der Waals surface area contributed by atoms with Crippen LogP contribution < -0.4 is 15.4 Å². The highest BCUT2D eigenvalue weighted by Crippen LogP contribution is 2.27. The highest BCUT2D eigenvalue weighted by molar-refractivity contribution is 6.32. The molecular weight excluding hydrogens is 445 g/mol. The number of hydrogen-bond acceptors (Lipinski definition) is 4. The number of rotatable bonds is 7. The van der Waals surface area contributed by atoms with Crippen LogP contribution in [0.15, 0.2) is 72.3 Å². The van der Waals surface area contributed by atoms with Gasteiger partial charge < -0.3 is 15.4 Å². The summed E-state index contributed by atoms with van der Waals surface area (Å²) in [6, 6.07) is 19.0. The van der Waals surface area contributed by atoms with Crippen LogP contribution in [-0.4, -0.2) is 18.4 Å². The fraction of sp³-hybridized carbons (Fsp3) is 0.0800. The van der Waals surface area contributed by atoms with E-state index in [9.17, 15) is 19.2 Å². The van der Waals surface area contributed by atoms with Gasteiger partial charge in [0.2, 0.25) is 0 Å². The third-order valence-electron chi connectivity index (χ3n) is 4.51. The Morgan fingerprint density at radius 1 is 1.09 bits per heavy atom. The monoisotopic (exact) mass is 463 g/mol. The highest BCUT2D eigenvalue weighted by Gasteiger charge is 2.12. The normalized spacial score (nSPS) is 10.8. The summed E-state index contributed by atoms with van der Waals surface area (Å²) in [6.45, 7) is 1.64. The molecule has 8 heteroatoms. The molecule has 2 N–H and O–H groups in total. The number of ether oxygens (including phenoxy) is 1. The molecule has 0 aliphatic heterocycles. The van der Waals surface area contributed by atoms with E-state index in [-0.39, 0.29) is 28.9 Å². The Hall–Kier alpha value is -4.15. The van der Waals surface area contributed by atoms with Gasteiger partial charge in [-0.25, -0.2) is 4.39 Å². The van der Waals surface area contributed by atoms with Crippen LogP contribution in [0.2, 0.25) is 5.02 Å².